The number of hydrogen-bond donors (Lipinski definition) is 3. The number of fused-ring (bicyclic) bond motifs is 1. The molecule has 1 aliphatic heterocycles. The molecule has 10 heteroatoms. The minimum atomic E-state index is -3.92. The van der Waals surface area contributed by atoms with Crippen molar-refractivity contribution < 1.29 is 27.2 Å². The number of hydrogen-bond acceptors (Lipinski definition) is 5. The summed E-state index contributed by atoms with van der Waals surface area (Å²) in [7, 11) is -3.92. The van der Waals surface area contributed by atoms with Gasteiger partial charge in [0.25, 0.3) is 11.8 Å². The van der Waals surface area contributed by atoms with Crippen molar-refractivity contribution in [3.8, 4) is 0 Å². The van der Waals surface area contributed by atoms with Crippen LogP contribution in [0.4, 0.5) is 4.39 Å². The third kappa shape index (κ3) is 4.41. The molecular formula is C18H16FN3O5S. The van der Waals surface area contributed by atoms with Crippen molar-refractivity contribution in [2.45, 2.75) is 11.3 Å². The molecule has 1 aliphatic rings. The van der Waals surface area contributed by atoms with Gasteiger partial charge >= 0.3 is 0 Å². The highest BCUT2D eigenvalue weighted by molar-refractivity contribution is 7.89. The van der Waals surface area contributed by atoms with Crippen molar-refractivity contribution in [2.24, 2.45) is 0 Å². The Morgan fingerprint density at radius 1 is 0.964 bits per heavy atom. The molecule has 0 aliphatic carbocycles. The van der Waals surface area contributed by atoms with Crippen LogP contribution in [0.15, 0.2) is 47.4 Å². The second-order valence-corrected chi connectivity index (χ2v) is 7.81. The Morgan fingerprint density at radius 2 is 1.64 bits per heavy atom. The fraction of sp³-hybridized carbons (Fsp3) is 0.167. The van der Waals surface area contributed by atoms with Crippen LogP contribution in [0.25, 0.3) is 0 Å². The van der Waals surface area contributed by atoms with Crippen molar-refractivity contribution in [2.75, 3.05) is 13.1 Å². The third-order valence-corrected chi connectivity index (χ3v) is 5.49. The standard InChI is InChI=1S/C18H16FN3O5S/c19-12-3-1-11(2-4-12)9-16(23)20-7-8-21-28(26,27)13-5-6-14-15(10-13)18(25)22-17(14)24/h1-6,10,21H,7-9H2,(H,20,23)(H,22,24,25). The molecule has 0 spiro atoms. The second kappa shape index (κ2) is 7.87. The summed E-state index contributed by atoms with van der Waals surface area (Å²) in [6.07, 6.45) is 0.0427. The van der Waals surface area contributed by atoms with Crippen LogP contribution < -0.4 is 15.4 Å². The average molecular weight is 405 g/mol. The van der Waals surface area contributed by atoms with Crippen molar-refractivity contribution in [3.63, 3.8) is 0 Å². The Labute approximate surface area is 160 Å². The molecule has 0 unspecified atom stereocenters. The van der Waals surface area contributed by atoms with E-state index in [2.05, 4.69) is 15.4 Å². The molecule has 0 fully saturated rings. The highest BCUT2D eigenvalue weighted by Gasteiger charge is 2.28. The Bertz CT molecular complexity index is 1050. The molecule has 1 heterocycles. The van der Waals surface area contributed by atoms with Gasteiger partial charge in [-0.05, 0) is 35.9 Å². The van der Waals surface area contributed by atoms with E-state index < -0.39 is 27.7 Å². The van der Waals surface area contributed by atoms with Gasteiger partial charge < -0.3 is 5.32 Å². The summed E-state index contributed by atoms with van der Waals surface area (Å²) in [5, 5.41) is 4.64. The van der Waals surface area contributed by atoms with Crippen LogP contribution in [0, 0.1) is 5.82 Å². The summed E-state index contributed by atoms with van der Waals surface area (Å²) in [5.41, 5.74) is 0.753. The first kappa shape index (κ1) is 19.6. The fourth-order valence-electron chi connectivity index (χ4n) is 2.63. The number of halogens is 1. The Balaban J connectivity index is 1.52. The maximum absolute atomic E-state index is 12.8. The lowest BCUT2D eigenvalue weighted by Crippen LogP contribution is -2.35. The minimum Gasteiger partial charge on any atom is -0.355 e. The molecule has 0 atom stereocenters. The summed E-state index contributed by atoms with van der Waals surface area (Å²) < 4.78 is 39.8. The average Bonchev–Trinajstić information content (AvgIpc) is 2.94. The largest absolute Gasteiger partial charge is 0.355 e. The summed E-state index contributed by atoms with van der Waals surface area (Å²) in [6, 6.07) is 9.12. The number of nitrogens with one attached hydrogen (secondary N) is 3. The van der Waals surface area contributed by atoms with E-state index >= 15 is 0 Å². The number of carbonyl (C=O) groups is 3. The van der Waals surface area contributed by atoms with Gasteiger partial charge in [0.05, 0.1) is 22.4 Å². The maximum Gasteiger partial charge on any atom is 0.258 e. The molecule has 28 heavy (non-hydrogen) atoms. The molecule has 2 aromatic rings. The van der Waals surface area contributed by atoms with Crippen LogP contribution in [-0.4, -0.2) is 39.2 Å². The van der Waals surface area contributed by atoms with Crippen molar-refractivity contribution in [1.29, 1.82) is 0 Å². The molecule has 2 aromatic carbocycles. The van der Waals surface area contributed by atoms with E-state index in [1.54, 1.807) is 0 Å². The first-order valence-corrected chi connectivity index (χ1v) is 9.75. The van der Waals surface area contributed by atoms with Gasteiger partial charge in [-0.3, -0.25) is 19.7 Å². The van der Waals surface area contributed by atoms with Gasteiger partial charge in [0.2, 0.25) is 15.9 Å². The highest BCUT2D eigenvalue weighted by Crippen LogP contribution is 2.20. The molecule has 0 aromatic heterocycles. The fourth-order valence-corrected chi connectivity index (χ4v) is 3.69. The zero-order chi connectivity index (χ0) is 20.3. The lowest BCUT2D eigenvalue weighted by molar-refractivity contribution is -0.120. The van der Waals surface area contributed by atoms with Crippen LogP contribution in [0.1, 0.15) is 26.3 Å². The van der Waals surface area contributed by atoms with Gasteiger partial charge in [-0.2, -0.15) is 0 Å². The van der Waals surface area contributed by atoms with E-state index in [1.165, 1.54) is 36.4 Å². The smallest absolute Gasteiger partial charge is 0.258 e. The number of amides is 3. The molecule has 3 N–H and O–H groups in total. The molecule has 3 amide bonds. The normalized spacial score (nSPS) is 13.2. The Morgan fingerprint density at radius 3 is 2.36 bits per heavy atom. The van der Waals surface area contributed by atoms with E-state index in [4.69, 9.17) is 0 Å². The summed E-state index contributed by atoms with van der Waals surface area (Å²) in [5.74, 6) is -1.95. The number of imide groups is 1. The Hall–Kier alpha value is -3.11. The molecule has 0 bridgehead atoms. The quantitative estimate of drug-likeness (QED) is 0.453. The number of benzene rings is 2. The lowest BCUT2D eigenvalue weighted by Gasteiger charge is -2.09. The van der Waals surface area contributed by atoms with E-state index in [0.717, 1.165) is 6.07 Å². The zero-order valence-corrected chi connectivity index (χ0v) is 15.3. The van der Waals surface area contributed by atoms with Gasteiger partial charge in [-0.15, -0.1) is 0 Å². The predicted molar refractivity (Wildman–Crippen MR) is 96.5 cm³/mol. The van der Waals surface area contributed by atoms with Crippen molar-refractivity contribution >= 4 is 27.7 Å². The van der Waals surface area contributed by atoms with E-state index in [-0.39, 0.29) is 41.4 Å². The van der Waals surface area contributed by atoms with Crippen LogP contribution in [0.3, 0.4) is 0 Å². The minimum absolute atomic E-state index is 0.000440. The SMILES string of the molecule is O=C(Cc1ccc(F)cc1)NCCNS(=O)(=O)c1ccc2c(c1)C(=O)NC2=O. The summed E-state index contributed by atoms with van der Waals surface area (Å²) in [4.78, 5) is 34.8. The first-order valence-electron chi connectivity index (χ1n) is 8.27. The monoisotopic (exact) mass is 405 g/mol. The predicted octanol–water partition coefficient (Wildman–Crippen LogP) is 0.346. The molecule has 8 nitrogen and oxygen atoms in total. The van der Waals surface area contributed by atoms with Gasteiger partial charge in [0, 0.05) is 13.1 Å². The maximum atomic E-state index is 12.8. The van der Waals surface area contributed by atoms with E-state index in [0.29, 0.717) is 5.56 Å². The molecule has 0 radical (unpaired) electrons. The molecule has 0 saturated heterocycles. The van der Waals surface area contributed by atoms with Gasteiger partial charge in [0.1, 0.15) is 5.82 Å². The van der Waals surface area contributed by atoms with Gasteiger partial charge in [-0.1, -0.05) is 12.1 Å². The first-order chi connectivity index (χ1) is 13.3. The molecule has 3 rings (SSSR count). The number of carbonyl (C=O) groups excluding carboxylic acids is 3. The molecular weight excluding hydrogens is 389 g/mol. The topological polar surface area (TPSA) is 121 Å². The summed E-state index contributed by atoms with van der Waals surface area (Å²) >= 11 is 0. The van der Waals surface area contributed by atoms with Crippen LogP contribution in [0.2, 0.25) is 0 Å². The highest BCUT2D eigenvalue weighted by atomic mass is 32.2. The third-order valence-electron chi connectivity index (χ3n) is 4.03. The second-order valence-electron chi connectivity index (χ2n) is 6.04. The van der Waals surface area contributed by atoms with E-state index in [9.17, 15) is 27.2 Å². The van der Waals surface area contributed by atoms with Gasteiger partial charge in [0.15, 0.2) is 0 Å². The molecule has 0 saturated carbocycles. The van der Waals surface area contributed by atoms with Crippen LogP contribution in [-0.2, 0) is 21.2 Å². The number of rotatable bonds is 7. The van der Waals surface area contributed by atoms with Crippen molar-refractivity contribution in [1.82, 2.24) is 15.4 Å². The van der Waals surface area contributed by atoms with E-state index in [1.807, 2.05) is 0 Å². The lowest BCUT2D eigenvalue weighted by atomic mass is 10.1. The summed E-state index contributed by atoms with van der Waals surface area (Å²) in [6.45, 7) is -0.0249. The number of sulfonamides is 1. The van der Waals surface area contributed by atoms with Crippen LogP contribution in [0.5, 0.6) is 0 Å². The Kier molecular flexibility index (Phi) is 5.52. The van der Waals surface area contributed by atoms with Crippen molar-refractivity contribution in [3.05, 3.63) is 65.0 Å². The van der Waals surface area contributed by atoms with Crippen LogP contribution >= 0.6 is 0 Å². The zero-order valence-electron chi connectivity index (χ0n) is 14.5. The molecule has 146 valence electrons. The van der Waals surface area contributed by atoms with Gasteiger partial charge in [-0.25, -0.2) is 17.5 Å².